The molecular formula is C18H19N3O3. The van der Waals surface area contributed by atoms with Gasteiger partial charge in [-0.3, -0.25) is 9.59 Å². The predicted molar refractivity (Wildman–Crippen MR) is 94.1 cm³/mol. The summed E-state index contributed by atoms with van der Waals surface area (Å²) >= 11 is 0. The first-order valence-corrected chi connectivity index (χ1v) is 7.64. The van der Waals surface area contributed by atoms with E-state index in [1.54, 1.807) is 35.2 Å². The highest BCUT2D eigenvalue weighted by molar-refractivity contribution is 6.32. The Labute approximate surface area is 139 Å². The smallest absolute Gasteiger partial charge is 0.196 e. The molecule has 6 heteroatoms. The summed E-state index contributed by atoms with van der Waals surface area (Å²) in [6.45, 7) is 0.182. The molecule has 124 valence electrons. The Morgan fingerprint density at radius 2 is 1.67 bits per heavy atom. The van der Waals surface area contributed by atoms with E-state index in [1.807, 2.05) is 14.1 Å². The number of nitrogens with zero attached hydrogens (tertiary/aromatic N) is 1. The first kappa shape index (κ1) is 16.0. The van der Waals surface area contributed by atoms with Gasteiger partial charge in [-0.15, -0.1) is 0 Å². The average molecular weight is 325 g/mol. The molecule has 2 aromatic rings. The van der Waals surface area contributed by atoms with E-state index in [2.05, 4.69) is 5.32 Å². The monoisotopic (exact) mass is 325 g/mol. The van der Waals surface area contributed by atoms with Crippen molar-refractivity contribution in [2.24, 2.45) is 0 Å². The van der Waals surface area contributed by atoms with Crippen LogP contribution in [-0.2, 0) is 0 Å². The molecule has 0 aliphatic heterocycles. The quantitative estimate of drug-likeness (QED) is 0.629. The van der Waals surface area contributed by atoms with Crippen molar-refractivity contribution in [3.05, 3.63) is 52.6 Å². The van der Waals surface area contributed by atoms with Gasteiger partial charge < -0.3 is 21.1 Å². The molecule has 0 atom stereocenters. The molecule has 0 amide bonds. The molecule has 0 spiro atoms. The Kier molecular flexibility index (Phi) is 3.99. The largest absolute Gasteiger partial charge is 0.396 e. The van der Waals surface area contributed by atoms with E-state index in [-0.39, 0.29) is 41.5 Å². The lowest BCUT2D eigenvalue weighted by Gasteiger charge is -2.26. The number of hydrogen-bond acceptors (Lipinski definition) is 6. The third-order valence-corrected chi connectivity index (χ3v) is 4.13. The number of carbonyl (C=O) groups is 2. The van der Waals surface area contributed by atoms with E-state index < -0.39 is 0 Å². The van der Waals surface area contributed by atoms with Crippen LogP contribution in [0.3, 0.4) is 0 Å². The Morgan fingerprint density at radius 3 is 2.21 bits per heavy atom. The van der Waals surface area contributed by atoms with Crippen LogP contribution in [0.5, 0.6) is 0 Å². The van der Waals surface area contributed by atoms with Gasteiger partial charge in [0.25, 0.3) is 0 Å². The fourth-order valence-electron chi connectivity index (χ4n) is 3.00. The van der Waals surface area contributed by atoms with Crippen molar-refractivity contribution in [2.75, 3.05) is 43.2 Å². The van der Waals surface area contributed by atoms with Crippen molar-refractivity contribution in [3.63, 3.8) is 0 Å². The molecule has 24 heavy (non-hydrogen) atoms. The Bertz CT molecular complexity index is 844. The average Bonchev–Trinajstić information content (AvgIpc) is 2.58. The second-order valence-corrected chi connectivity index (χ2v) is 5.86. The number of anilines is 3. The van der Waals surface area contributed by atoms with Crippen molar-refractivity contribution >= 4 is 28.6 Å². The summed E-state index contributed by atoms with van der Waals surface area (Å²) in [5, 5.41) is 12.1. The van der Waals surface area contributed by atoms with Gasteiger partial charge in [0, 0.05) is 37.5 Å². The van der Waals surface area contributed by atoms with Crippen LogP contribution in [0.25, 0.3) is 0 Å². The molecule has 2 aromatic carbocycles. The zero-order valence-electron chi connectivity index (χ0n) is 13.6. The minimum Gasteiger partial charge on any atom is -0.396 e. The number of carbonyl (C=O) groups excluding carboxylic acids is 2. The molecule has 0 saturated carbocycles. The number of rotatable bonds is 4. The maximum absolute atomic E-state index is 12.9. The third-order valence-electron chi connectivity index (χ3n) is 4.13. The number of ketones is 2. The summed E-state index contributed by atoms with van der Waals surface area (Å²) in [6.07, 6.45) is 0. The highest BCUT2D eigenvalue weighted by Gasteiger charge is 2.34. The van der Waals surface area contributed by atoms with Crippen LogP contribution in [0.15, 0.2) is 30.3 Å². The van der Waals surface area contributed by atoms with Crippen molar-refractivity contribution in [1.29, 1.82) is 0 Å². The Balaban J connectivity index is 2.31. The fraction of sp³-hybridized carbons (Fsp3) is 0.222. The summed E-state index contributed by atoms with van der Waals surface area (Å²) < 4.78 is 0. The van der Waals surface area contributed by atoms with Crippen LogP contribution in [0, 0.1) is 0 Å². The summed E-state index contributed by atoms with van der Waals surface area (Å²) in [5.74, 6) is -0.494. The first-order chi connectivity index (χ1) is 11.5. The lowest BCUT2D eigenvalue weighted by molar-refractivity contribution is 0.0980. The van der Waals surface area contributed by atoms with Gasteiger partial charge in [-0.1, -0.05) is 24.3 Å². The van der Waals surface area contributed by atoms with Gasteiger partial charge in [0.15, 0.2) is 11.6 Å². The van der Waals surface area contributed by atoms with Crippen LogP contribution in [0.2, 0.25) is 0 Å². The number of benzene rings is 2. The van der Waals surface area contributed by atoms with Gasteiger partial charge in [-0.05, 0) is 6.07 Å². The van der Waals surface area contributed by atoms with Crippen LogP contribution in [0.1, 0.15) is 31.8 Å². The summed E-state index contributed by atoms with van der Waals surface area (Å²) in [5.41, 5.74) is 8.90. The van der Waals surface area contributed by atoms with Crippen LogP contribution in [-0.4, -0.2) is 43.9 Å². The molecule has 6 nitrogen and oxygen atoms in total. The van der Waals surface area contributed by atoms with Crippen LogP contribution < -0.4 is 16.0 Å². The number of fused-ring (bicyclic) bond motifs is 2. The van der Waals surface area contributed by atoms with E-state index in [0.29, 0.717) is 22.5 Å². The highest BCUT2D eigenvalue weighted by Crippen LogP contribution is 2.40. The molecule has 0 radical (unpaired) electrons. The highest BCUT2D eigenvalue weighted by atomic mass is 16.3. The Hall–Kier alpha value is -2.86. The van der Waals surface area contributed by atoms with E-state index in [4.69, 9.17) is 10.8 Å². The first-order valence-electron chi connectivity index (χ1n) is 7.64. The summed E-state index contributed by atoms with van der Waals surface area (Å²) in [4.78, 5) is 27.7. The lowest BCUT2D eigenvalue weighted by atomic mass is 9.82. The minimum absolute atomic E-state index is 0.0881. The van der Waals surface area contributed by atoms with Crippen molar-refractivity contribution < 1.29 is 14.7 Å². The summed E-state index contributed by atoms with van der Waals surface area (Å²) in [7, 11) is 3.63. The number of aliphatic hydroxyl groups is 1. The van der Waals surface area contributed by atoms with Gasteiger partial charge in [-0.25, -0.2) is 0 Å². The third kappa shape index (κ3) is 2.32. The van der Waals surface area contributed by atoms with Gasteiger partial charge in [0.2, 0.25) is 0 Å². The number of nitrogen functional groups attached to an aromatic ring is 1. The van der Waals surface area contributed by atoms with E-state index in [0.717, 1.165) is 0 Å². The standard InChI is InChI=1S/C18H19N3O3/c1-21(2)13-9-12(20-7-8-22)14-15(16(13)19)18(24)11-6-4-3-5-10(11)17(14)23/h3-6,9,20,22H,7-8,19H2,1-2H3. The van der Waals surface area contributed by atoms with Gasteiger partial charge in [0.1, 0.15) is 0 Å². The molecule has 3 rings (SSSR count). The van der Waals surface area contributed by atoms with Gasteiger partial charge in [0.05, 0.1) is 29.1 Å². The van der Waals surface area contributed by atoms with Crippen molar-refractivity contribution in [3.8, 4) is 0 Å². The van der Waals surface area contributed by atoms with E-state index in [1.165, 1.54) is 0 Å². The molecule has 0 fully saturated rings. The maximum atomic E-state index is 12.9. The van der Waals surface area contributed by atoms with E-state index in [9.17, 15) is 9.59 Å². The Morgan fingerprint density at radius 1 is 1.08 bits per heavy atom. The zero-order valence-corrected chi connectivity index (χ0v) is 13.6. The number of nitrogens with one attached hydrogen (secondary N) is 1. The SMILES string of the molecule is CN(C)c1cc(NCCO)c2c(c1N)C(=O)c1ccccc1C2=O. The second kappa shape index (κ2) is 5.98. The lowest BCUT2D eigenvalue weighted by Crippen LogP contribution is -2.26. The molecule has 4 N–H and O–H groups in total. The molecule has 1 aliphatic rings. The molecule has 0 unspecified atom stereocenters. The molecule has 0 heterocycles. The van der Waals surface area contributed by atoms with Gasteiger partial charge in [-0.2, -0.15) is 0 Å². The van der Waals surface area contributed by atoms with E-state index >= 15 is 0 Å². The molecule has 0 bridgehead atoms. The number of hydrogen-bond donors (Lipinski definition) is 3. The topological polar surface area (TPSA) is 95.7 Å². The summed E-state index contributed by atoms with van der Waals surface area (Å²) in [6, 6.07) is 8.48. The second-order valence-electron chi connectivity index (χ2n) is 5.86. The van der Waals surface area contributed by atoms with Crippen molar-refractivity contribution in [2.45, 2.75) is 0 Å². The van der Waals surface area contributed by atoms with Crippen LogP contribution in [0.4, 0.5) is 17.1 Å². The van der Waals surface area contributed by atoms with Crippen LogP contribution >= 0.6 is 0 Å². The minimum atomic E-state index is -0.256. The van der Waals surface area contributed by atoms with Crippen molar-refractivity contribution in [1.82, 2.24) is 0 Å². The maximum Gasteiger partial charge on any atom is 0.196 e. The van der Waals surface area contributed by atoms with Gasteiger partial charge >= 0.3 is 0 Å². The normalized spacial score (nSPS) is 12.6. The molecular weight excluding hydrogens is 306 g/mol. The molecule has 1 aliphatic carbocycles. The fourth-order valence-corrected chi connectivity index (χ4v) is 3.00. The molecule has 0 aromatic heterocycles. The zero-order chi connectivity index (χ0) is 17.4. The number of nitrogens with two attached hydrogens (primary N) is 1. The number of aliphatic hydroxyl groups excluding tert-OH is 1. The predicted octanol–water partition coefficient (Wildman–Crippen LogP) is 1.51. The molecule has 0 saturated heterocycles.